The smallest absolute Gasteiger partial charge is 0.110 e. The minimum atomic E-state index is 0.290. The zero-order chi connectivity index (χ0) is 15.5. The van der Waals surface area contributed by atoms with Crippen molar-refractivity contribution in [3.8, 4) is 5.69 Å². The Hall–Kier alpha value is -2.40. The van der Waals surface area contributed by atoms with E-state index in [2.05, 4.69) is 51.2 Å². The molecule has 3 aromatic rings. The molecule has 1 aromatic carbocycles. The number of hydrogen-bond donors (Lipinski definition) is 1. The zero-order valence-electron chi connectivity index (χ0n) is 13.2. The van der Waals surface area contributed by atoms with Gasteiger partial charge >= 0.3 is 0 Å². The summed E-state index contributed by atoms with van der Waals surface area (Å²) in [5.41, 5.74) is 3.60. The first-order chi connectivity index (χ1) is 10.6. The normalized spacial score (nSPS) is 12.5. The van der Waals surface area contributed by atoms with Crippen LogP contribution in [0.4, 0.5) is 0 Å². The minimum Gasteiger partial charge on any atom is -0.306 e. The lowest BCUT2D eigenvalue weighted by molar-refractivity contribution is 0.574. The lowest BCUT2D eigenvalue weighted by Gasteiger charge is -2.14. The molecule has 2 aromatic heterocycles. The van der Waals surface area contributed by atoms with Crippen LogP contribution in [0.15, 0.2) is 49.1 Å². The van der Waals surface area contributed by atoms with Gasteiger partial charge < -0.3 is 9.88 Å². The van der Waals surface area contributed by atoms with Crippen molar-refractivity contribution >= 4 is 0 Å². The lowest BCUT2D eigenvalue weighted by Crippen LogP contribution is -2.17. The Balaban J connectivity index is 1.66. The Labute approximate surface area is 130 Å². The lowest BCUT2D eigenvalue weighted by atomic mass is 10.1. The van der Waals surface area contributed by atoms with E-state index in [1.807, 2.05) is 43.4 Å². The fourth-order valence-corrected chi connectivity index (χ4v) is 2.53. The molecule has 0 saturated heterocycles. The number of rotatable bonds is 5. The van der Waals surface area contributed by atoms with E-state index in [1.54, 1.807) is 0 Å². The topological polar surface area (TPSA) is 47.7 Å². The Morgan fingerprint density at radius 2 is 2.00 bits per heavy atom. The molecule has 0 aliphatic carbocycles. The summed E-state index contributed by atoms with van der Waals surface area (Å²) >= 11 is 0. The van der Waals surface area contributed by atoms with Crippen LogP contribution in [-0.4, -0.2) is 19.3 Å². The van der Waals surface area contributed by atoms with Gasteiger partial charge in [-0.3, -0.25) is 4.68 Å². The highest BCUT2D eigenvalue weighted by molar-refractivity contribution is 5.36. The van der Waals surface area contributed by atoms with Crippen molar-refractivity contribution in [3.05, 3.63) is 66.0 Å². The number of nitrogens with one attached hydrogen (secondary N) is 1. The average Bonchev–Trinajstić information content (AvgIpc) is 3.13. The summed E-state index contributed by atoms with van der Waals surface area (Å²) in [6.07, 6.45) is 7.73. The predicted octanol–water partition coefficient (Wildman–Crippen LogP) is 2.77. The highest BCUT2D eigenvalue weighted by Gasteiger charge is 2.07. The molecule has 0 fully saturated rings. The van der Waals surface area contributed by atoms with Gasteiger partial charge in [-0.25, -0.2) is 4.98 Å². The molecular weight excluding hydrogens is 274 g/mol. The summed E-state index contributed by atoms with van der Waals surface area (Å²) in [7, 11) is 1.93. The number of aromatic nitrogens is 4. The molecule has 22 heavy (non-hydrogen) atoms. The van der Waals surface area contributed by atoms with Gasteiger partial charge in [-0.1, -0.05) is 12.1 Å². The molecule has 0 saturated carbocycles. The van der Waals surface area contributed by atoms with Crippen molar-refractivity contribution in [1.29, 1.82) is 0 Å². The molecule has 0 radical (unpaired) electrons. The van der Waals surface area contributed by atoms with E-state index in [-0.39, 0.29) is 6.04 Å². The number of imidazole rings is 1. The van der Waals surface area contributed by atoms with Crippen molar-refractivity contribution in [2.45, 2.75) is 26.4 Å². The van der Waals surface area contributed by atoms with E-state index in [0.717, 1.165) is 18.1 Å². The van der Waals surface area contributed by atoms with E-state index < -0.39 is 0 Å². The molecule has 1 N–H and O–H groups in total. The summed E-state index contributed by atoms with van der Waals surface area (Å²) < 4.78 is 3.90. The van der Waals surface area contributed by atoms with Gasteiger partial charge in [0.15, 0.2) is 0 Å². The van der Waals surface area contributed by atoms with Crippen LogP contribution in [0.3, 0.4) is 0 Å². The number of nitrogens with zero attached hydrogens (tertiary/aromatic N) is 4. The molecule has 1 atom stereocenters. The van der Waals surface area contributed by atoms with E-state index in [4.69, 9.17) is 0 Å². The summed E-state index contributed by atoms with van der Waals surface area (Å²) in [4.78, 5) is 4.26. The molecule has 0 aliphatic rings. The summed E-state index contributed by atoms with van der Waals surface area (Å²) in [6.45, 7) is 5.00. The fraction of sp³-hybridized carbons (Fsp3) is 0.294. The summed E-state index contributed by atoms with van der Waals surface area (Å²) in [6, 6.07) is 8.88. The van der Waals surface area contributed by atoms with Crippen LogP contribution < -0.4 is 5.32 Å². The van der Waals surface area contributed by atoms with E-state index in [0.29, 0.717) is 0 Å². The molecule has 0 aliphatic heterocycles. The maximum absolute atomic E-state index is 4.26. The number of aryl methyl sites for hydroxylation is 2. The molecule has 0 spiro atoms. The van der Waals surface area contributed by atoms with Crippen LogP contribution >= 0.6 is 0 Å². The van der Waals surface area contributed by atoms with Gasteiger partial charge in [-0.05, 0) is 31.5 Å². The van der Waals surface area contributed by atoms with Crippen LogP contribution in [0.25, 0.3) is 5.69 Å². The Bertz CT molecular complexity index is 739. The third-order valence-electron chi connectivity index (χ3n) is 3.87. The predicted molar refractivity (Wildman–Crippen MR) is 86.8 cm³/mol. The second kappa shape index (κ2) is 6.15. The van der Waals surface area contributed by atoms with Crippen LogP contribution in [-0.2, 0) is 13.6 Å². The quantitative estimate of drug-likeness (QED) is 0.787. The Kier molecular flexibility index (Phi) is 4.06. The summed E-state index contributed by atoms with van der Waals surface area (Å²) in [5.74, 6) is 0.996. The van der Waals surface area contributed by atoms with Crippen LogP contribution in [0.1, 0.15) is 29.9 Å². The molecular formula is C17H21N5. The molecule has 0 amide bonds. The van der Waals surface area contributed by atoms with Crippen molar-refractivity contribution in [1.82, 2.24) is 24.6 Å². The molecule has 114 valence electrons. The monoisotopic (exact) mass is 295 g/mol. The maximum atomic E-state index is 4.26. The van der Waals surface area contributed by atoms with Gasteiger partial charge in [0.25, 0.3) is 0 Å². The van der Waals surface area contributed by atoms with Crippen LogP contribution in [0.2, 0.25) is 0 Å². The van der Waals surface area contributed by atoms with Crippen molar-refractivity contribution in [3.63, 3.8) is 0 Å². The molecule has 0 unspecified atom stereocenters. The van der Waals surface area contributed by atoms with Gasteiger partial charge in [-0.15, -0.1) is 0 Å². The molecule has 0 bridgehead atoms. The highest BCUT2D eigenvalue weighted by Crippen LogP contribution is 2.17. The molecule has 5 heteroatoms. The summed E-state index contributed by atoms with van der Waals surface area (Å²) in [5, 5.41) is 7.71. The number of benzene rings is 1. The molecule has 3 rings (SSSR count). The second-order valence-electron chi connectivity index (χ2n) is 5.56. The molecule has 5 nitrogen and oxygen atoms in total. The van der Waals surface area contributed by atoms with Gasteiger partial charge in [0.1, 0.15) is 5.82 Å². The third kappa shape index (κ3) is 3.09. The zero-order valence-corrected chi connectivity index (χ0v) is 13.2. The Morgan fingerprint density at radius 1 is 1.23 bits per heavy atom. The van der Waals surface area contributed by atoms with E-state index in [9.17, 15) is 0 Å². The van der Waals surface area contributed by atoms with Gasteiger partial charge in [0.2, 0.25) is 0 Å². The van der Waals surface area contributed by atoms with Gasteiger partial charge in [0.05, 0.1) is 6.20 Å². The highest BCUT2D eigenvalue weighted by atomic mass is 15.2. The van der Waals surface area contributed by atoms with Crippen molar-refractivity contribution < 1.29 is 0 Å². The SMILES string of the molecule is Cc1nccn1-c1ccc([C@H](C)NCc2cnn(C)c2)cc1. The fourth-order valence-electron chi connectivity index (χ4n) is 2.53. The molecule has 2 heterocycles. The number of hydrogen-bond acceptors (Lipinski definition) is 3. The maximum Gasteiger partial charge on any atom is 0.110 e. The first-order valence-corrected chi connectivity index (χ1v) is 7.44. The van der Waals surface area contributed by atoms with E-state index in [1.165, 1.54) is 11.1 Å². The van der Waals surface area contributed by atoms with E-state index >= 15 is 0 Å². The van der Waals surface area contributed by atoms with Gasteiger partial charge in [0, 0.05) is 49.5 Å². The second-order valence-corrected chi connectivity index (χ2v) is 5.56. The van der Waals surface area contributed by atoms with Crippen LogP contribution in [0.5, 0.6) is 0 Å². The Morgan fingerprint density at radius 3 is 2.59 bits per heavy atom. The minimum absolute atomic E-state index is 0.290. The largest absolute Gasteiger partial charge is 0.306 e. The standard InChI is InChI=1S/C17H21N5/c1-13(19-10-15-11-20-21(3)12-15)16-4-6-17(7-5-16)22-9-8-18-14(22)2/h4-9,11-13,19H,10H2,1-3H3/t13-/m0/s1. The first-order valence-electron chi connectivity index (χ1n) is 7.44. The van der Waals surface area contributed by atoms with Gasteiger partial charge in [-0.2, -0.15) is 5.10 Å². The van der Waals surface area contributed by atoms with Crippen molar-refractivity contribution in [2.24, 2.45) is 7.05 Å². The average molecular weight is 295 g/mol. The third-order valence-corrected chi connectivity index (χ3v) is 3.87. The first kappa shape index (κ1) is 14.5. The van der Waals surface area contributed by atoms with Crippen LogP contribution in [0, 0.1) is 6.92 Å². The van der Waals surface area contributed by atoms with Crippen molar-refractivity contribution in [2.75, 3.05) is 0 Å².